The van der Waals surface area contributed by atoms with Crippen LogP contribution in [0.3, 0.4) is 0 Å². The average Bonchev–Trinajstić information content (AvgIpc) is 2.80. The Bertz CT molecular complexity index is 682. The number of aromatic nitrogens is 4. The Hall–Kier alpha value is -1.22. The molecule has 0 radical (unpaired) electrons. The van der Waals surface area contributed by atoms with E-state index in [1.54, 1.807) is 6.20 Å². The Balaban J connectivity index is 2.24. The first kappa shape index (κ1) is 10.9. The van der Waals surface area contributed by atoms with Gasteiger partial charge in [-0.05, 0) is 28.7 Å². The number of nitrogens with two attached hydrogens (primary N) is 1. The van der Waals surface area contributed by atoms with Gasteiger partial charge in [-0.2, -0.15) is 5.10 Å². The SMILES string of the molecule is Cn1ncc(I)c1-c1cc2sc(N)nc2cn1. The minimum Gasteiger partial charge on any atom is -0.375 e. The molecule has 86 valence electrons. The van der Waals surface area contributed by atoms with E-state index in [1.807, 2.05) is 24.0 Å². The lowest BCUT2D eigenvalue weighted by Crippen LogP contribution is -1.96. The molecule has 0 spiro atoms. The molecule has 17 heavy (non-hydrogen) atoms. The molecule has 0 bridgehead atoms. The summed E-state index contributed by atoms with van der Waals surface area (Å²) in [4.78, 5) is 8.60. The fourth-order valence-corrected chi connectivity index (χ4v) is 3.17. The van der Waals surface area contributed by atoms with Crippen molar-refractivity contribution >= 4 is 49.3 Å². The first-order valence-corrected chi connectivity index (χ1v) is 6.74. The molecule has 0 fully saturated rings. The second-order valence-corrected chi connectivity index (χ2v) is 5.78. The van der Waals surface area contributed by atoms with E-state index in [9.17, 15) is 0 Å². The molecular weight excluding hydrogens is 349 g/mol. The molecule has 0 aliphatic rings. The van der Waals surface area contributed by atoms with Crippen LogP contribution in [0.5, 0.6) is 0 Å². The number of rotatable bonds is 1. The summed E-state index contributed by atoms with van der Waals surface area (Å²) in [6.07, 6.45) is 3.57. The van der Waals surface area contributed by atoms with Gasteiger partial charge in [0.15, 0.2) is 5.13 Å². The molecule has 0 atom stereocenters. The zero-order valence-electron chi connectivity index (χ0n) is 8.88. The number of hydrogen-bond donors (Lipinski definition) is 1. The first-order chi connectivity index (χ1) is 8.15. The molecule has 0 saturated carbocycles. The number of anilines is 1. The highest BCUT2D eigenvalue weighted by Gasteiger charge is 2.11. The summed E-state index contributed by atoms with van der Waals surface area (Å²) in [5.74, 6) is 0. The van der Waals surface area contributed by atoms with Crippen molar-refractivity contribution in [1.29, 1.82) is 0 Å². The number of nitrogens with zero attached hydrogens (tertiary/aromatic N) is 4. The lowest BCUT2D eigenvalue weighted by atomic mass is 10.2. The van der Waals surface area contributed by atoms with Crippen LogP contribution in [0.15, 0.2) is 18.5 Å². The standard InChI is InChI=1S/C10H8IN5S/c1-16-9(5(11)3-14-16)6-2-8-7(4-13-6)15-10(12)17-8/h2-4H,1H3,(H2,12,15). The van der Waals surface area contributed by atoms with Gasteiger partial charge in [-0.15, -0.1) is 0 Å². The van der Waals surface area contributed by atoms with Gasteiger partial charge in [0.1, 0.15) is 5.52 Å². The van der Waals surface area contributed by atoms with Crippen LogP contribution >= 0.6 is 33.9 Å². The smallest absolute Gasteiger partial charge is 0.181 e. The predicted octanol–water partition coefficient (Wildman–Crippen LogP) is 2.28. The van der Waals surface area contributed by atoms with Gasteiger partial charge >= 0.3 is 0 Å². The quantitative estimate of drug-likeness (QED) is 0.679. The van der Waals surface area contributed by atoms with Crippen LogP contribution in [0, 0.1) is 3.57 Å². The van der Waals surface area contributed by atoms with E-state index in [0.29, 0.717) is 5.13 Å². The van der Waals surface area contributed by atoms with Crippen molar-refractivity contribution in [2.45, 2.75) is 0 Å². The van der Waals surface area contributed by atoms with E-state index >= 15 is 0 Å². The van der Waals surface area contributed by atoms with Crippen molar-refractivity contribution in [1.82, 2.24) is 19.7 Å². The van der Waals surface area contributed by atoms with Gasteiger partial charge in [0.2, 0.25) is 0 Å². The van der Waals surface area contributed by atoms with Crippen molar-refractivity contribution in [3.63, 3.8) is 0 Å². The highest BCUT2D eigenvalue weighted by Crippen LogP contribution is 2.29. The Morgan fingerprint density at radius 1 is 1.41 bits per heavy atom. The van der Waals surface area contributed by atoms with Gasteiger partial charge in [0.05, 0.1) is 32.1 Å². The minimum absolute atomic E-state index is 0.568. The van der Waals surface area contributed by atoms with E-state index in [-0.39, 0.29) is 0 Å². The molecule has 3 aromatic heterocycles. The Kier molecular flexibility index (Phi) is 2.51. The summed E-state index contributed by atoms with van der Waals surface area (Å²) in [5.41, 5.74) is 8.43. The third-order valence-electron chi connectivity index (χ3n) is 2.43. The Morgan fingerprint density at radius 2 is 2.24 bits per heavy atom. The fourth-order valence-electron chi connectivity index (χ4n) is 1.68. The van der Waals surface area contributed by atoms with Crippen molar-refractivity contribution in [2.24, 2.45) is 7.05 Å². The third-order valence-corrected chi connectivity index (χ3v) is 4.06. The lowest BCUT2D eigenvalue weighted by Gasteiger charge is -2.01. The van der Waals surface area contributed by atoms with Gasteiger partial charge in [-0.1, -0.05) is 11.3 Å². The second kappa shape index (κ2) is 3.91. The van der Waals surface area contributed by atoms with Gasteiger partial charge in [0, 0.05) is 7.05 Å². The molecule has 3 rings (SSSR count). The number of nitrogen functional groups attached to an aromatic ring is 1. The summed E-state index contributed by atoms with van der Waals surface area (Å²) >= 11 is 3.72. The number of halogens is 1. The monoisotopic (exact) mass is 357 g/mol. The zero-order chi connectivity index (χ0) is 12.0. The highest BCUT2D eigenvalue weighted by atomic mass is 127. The molecule has 0 saturated heterocycles. The van der Waals surface area contributed by atoms with Crippen LogP contribution in [0.25, 0.3) is 21.6 Å². The van der Waals surface area contributed by atoms with Crippen molar-refractivity contribution in [2.75, 3.05) is 5.73 Å². The van der Waals surface area contributed by atoms with Crippen LogP contribution in [0.4, 0.5) is 5.13 Å². The number of pyridine rings is 1. The normalized spacial score (nSPS) is 11.2. The Labute approximate surface area is 115 Å². The largest absolute Gasteiger partial charge is 0.375 e. The number of thiazole rings is 1. The molecule has 2 N–H and O–H groups in total. The molecule has 7 heteroatoms. The molecule has 0 unspecified atom stereocenters. The van der Waals surface area contributed by atoms with Gasteiger partial charge in [0.25, 0.3) is 0 Å². The summed E-state index contributed by atoms with van der Waals surface area (Å²) in [7, 11) is 1.91. The molecule has 5 nitrogen and oxygen atoms in total. The molecule has 3 aromatic rings. The van der Waals surface area contributed by atoms with Crippen LogP contribution < -0.4 is 5.73 Å². The molecule has 0 aromatic carbocycles. The highest BCUT2D eigenvalue weighted by molar-refractivity contribution is 14.1. The van der Waals surface area contributed by atoms with Crippen LogP contribution in [-0.4, -0.2) is 19.7 Å². The second-order valence-electron chi connectivity index (χ2n) is 3.55. The van der Waals surface area contributed by atoms with E-state index in [1.165, 1.54) is 11.3 Å². The van der Waals surface area contributed by atoms with Crippen LogP contribution in [0.1, 0.15) is 0 Å². The van der Waals surface area contributed by atoms with E-state index < -0.39 is 0 Å². The summed E-state index contributed by atoms with van der Waals surface area (Å²) in [6.45, 7) is 0. The molecule has 0 aliphatic carbocycles. The van der Waals surface area contributed by atoms with Crippen LogP contribution in [-0.2, 0) is 7.05 Å². The van der Waals surface area contributed by atoms with Crippen LogP contribution in [0.2, 0.25) is 0 Å². The number of hydrogen-bond acceptors (Lipinski definition) is 5. The molecule has 3 heterocycles. The topological polar surface area (TPSA) is 69.6 Å². The van der Waals surface area contributed by atoms with Crippen molar-refractivity contribution < 1.29 is 0 Å². The van der Waals surface area contributed by atoms with E-state index in [4.69, 9.17) is 5.73 Å². The van der Waals surface area contributed by atoms with Crippen molar-refractivity contribution in [3.05, 3.63) is 22.0 Å². The van der Waals surface area contributed by atoms with Gasteiger partial charge < -0.3 is 5.73 Å². The minimum atomic E-state index is 0.568. The zero-order valence-corrected chi connectivity index (χ0v) is 11.9. The summed E-state index contributed by atoms with van der Waals surface area (Å²) < 4.78 is 3.94. The maximum atomic E-state index is 5.68. The molecular formula is C10H8IN5S. The fraction of sp³-hybridized carbons (Fsp3) is 0.100. The average molecular weight is 357 g/mol. The van der Waals surface area contributed by atoms with Gasteiger partial charge in [-0.3, -0.25) is 9.67 Å². The molecule has 0 aliphatic heterocycles. The number of aryl methyl sites for hydroxylation is 1. The lowest BCUT2D eigenvalue weighted by molar-refractivity contribution is 0.773. The van der Waals surface area contributed by atoms with E-state index in [0.717, 1.165) is 25.2 Å². The third kappa shape index (κ3) is 1.78. The summed E-state index contributed by atoms with van der Waals surface area (Å²) in [5, 5.41) is 4.78. The number of fused-ring (bicyclic) bond motifs is 1. The summed E-state index contributed by atoms with van der Waals surface area (Å²) in [6, 6.07) is 2.00. The maximum absolute atomic E-state index is 5.68. The molecule has 0 amide bonds. The predicted molar refractivity (Wildman–Crippen MR) is 76.7 cm³/mol. The van der Waals surface area contributed by atoms with Crippen molar-refractivity contribution in [3.8, 4) is 11.4 Å². The van der Waals surface area contributed by atoms with E-state index in [2.05, 4.69) is 37.7 Å². The van der Waals surface area contributed by atoms with Gasteiger partial charge in [-0.25, -0.2) is 4.98 Å². The maximum Gasteiger partial charge on any atom is 0.181 e. The Morgan fingerprint density at radius 3 is 2.94 bits per heavy atom. The first-order valence-electron chi connectivity index (χ1n) is 4.85.